The van der Waals surface area contributed by atoms with Crippen molar-refractivity contribution >= 4 is 61.7 Å². The number of amides is 3. The number of hydrogen-bond donors (Lipinski definition) is 3. The molecule has 1 aromatic heterocycles. The molecule has 55 heavy (non-hydrogen) atoms. The Hall–Kier alpha value is -5.70. The first kappa shape index (κ1) is 36.3. The van der Waals surface area contributed by atoms with Gasteiger partial charge in [0, 0.05) is 43.2 Å². The van der Waals surface area contributed by atoms with Crippen LogP contribution in [0.25, 0.3) is 33.1 Å². The number of aliphatic imine (C=N–C) groups is 1. The van der Waals surface area contributed by atoms with Gasteiger partial charge in [-0.2, -0.15) is 0 Å². The largest absolute Gasteiger partial charge is 0.465 e. The number of allylic oxidation sites excluding steroid dienone is 2. The average molecular weight is 765 g/mol. The molecule has 284 valence electrons. The highest BCUT2D eigenvalue weighted by atomic mass is 32.2. The van der Waals surface area contributed by atoms with E-state index in [1.54, 1.807) is 6.07 Å². The molecule has 0 unspecified atom stereocenters. The van der Waals surface area contributed by atoms with Crippen LogP contribution in [0.15, 0.2) is 83.0 Å². The van der Waals surface area contributed by atoms with Crippen LogP contribution in [-0.2, 0) is 24.4 Å². The highest BCUT2D eigenvalue weighted by Crippen LogP contribution is 2.39. The number of sulfonamides is 1. The molecular formula is C40H40N6O8S. The summed E-state index contributed by atoms with van der Waals surface area (Å²) < 4.78 is 34.7. The molecule has 0 spiro atoms. The van der Waals surface area contributed by atoms with E-state index in [1.165, 1.54) is 11.1 Å². The second-order valence-corrected chi connectivity index (χ2v) is 16.5. The van der Waals surface area contributed by atoms with Gasteiger partial charge in [0.25, 0.3) is 0 Å². The summed E-state index contributed by atoms with van der Waals surface area (Å²) in [5, 5.41) is 13.3. The fraction of sp³-hybridized carbons (Fsp3) is 0.375. The van der Waals surface area contributed by atoms with E-state index in [0.29, 0.717) is 60.8 Å². The summed E-state index contributed by atoms with van der Waals surface area (Å²) in [4.78, 5) is 69.2. The third kappa shape index (κ3) is 7.93. The van der Waals surface area contributed by atoms with Crippen molar-refractivity contribution in [2.75, 3.05) is 0 Å². The lowest BCUT2D eigenvalue weighted by atomic mass is 9.99. The third-order valence-electron chi connectivity index (χ3n) is 10.7. The van der Waals surface area contributed by atoms with E-state index in [4.69, 9.17) is 19.7 Å². The van der Waals surface area contributed by atoms with Crippen molar-refractivity contribution in [2.45, 2.75) is 87.8 Å². The first-order chi connectivity index (χ1) is 26.5. The number of ether oxygens (including phenoxy) is 1. The first-order valence-corrected chi connectivity index (χ1v) is 20.2. The summed E-state index contributed by atoms with van der Waals surface area (Å²) >= 11 is 0. The highest BCUT2D eigenvalue weighted by molar-refractivity contribution is 7.90. The van der Waals surface area contributed by atoms with E-state index in [1.807, 2.05) is 60.7 Å². The van der Waals surface area contributed by atoms with Gasteiger partial charge in [0.15, 0.2) is 12.0 Å². The van der Waals surface area contributed by atoms with Crippen molar-refractivity contribution in [3.63, 3.8) is 0 Å². The van der Waals surface area contributed by atoms with Crippen LogP contribution in [-0.4, -0.2) is 81.9 Å². The number of ketones is 1. The summed E-state index contributed by atoms with van der Waals surface area (Å²) in [5.41, 5.74) is 4.09. The molecule has 0 bridgehead atoms. The molecule has 2 fully saturated rings. The van der Waals surface area contributed by atoms with Gasteiger partial charge in [-0.15, -0.1) is 0 Å². The maximum absolute atomic E-state index is 14.2. The number of rotatable bonds is 7. The number of carbonyl (C=O) groups is 4. The third-order valence-corrected chi connectivity index (χ3v) is 12.5. The monoisotopic (exact) mass is 764 g/mol. The molecule has 3 N–H and O–H groups in total. The summed E-state index contributed by atoms with van der Waals surface area (Å²) in [6.07, 6.45) is 2.25. The van der Waals surface area contributed by atoms with Gasteiger partial charge in [-0.3, -0.25) is 29.0 Å². The smallest absolute Gasteiger partial charge is 0.405 e. The van der Waals surface area contributed by atoms with Gasteiger partial charge in [-0.1, -0.05) is 55.0 Å². The minimum absolute atomic E-state index is 0.0736. The quantitative estimate of drug-likeness (QED) is 0.223. The molecule has 3 aromatic carbocycles. The molecule has 2 aliphatic heterocycles. The van der Waals surface area contributed by atoms with Gasteiger partial charge < -0.3 is 15.2 Å². The van der Waals surface area contributed by atoms with Crippen molar-refractivity contribution in [3.8, 4) is 17.1 Å². The minimum Gasteiger partial charge on any atom is -0.465 e. The number of aromatic nitrogens is 2. The predicted octanol–water partition coefficient (Wildman–Crippen LogP) is 5.27. The Balaban J connectivity index is 1.22. The van der Waals surface area contributed by atoms with Crippen LogP contribution < -0.4 is 14.8 Å². The summed E-state index contributed by atoms with van der Waals surface area (Å²) in [5.74, 6) is -2.75. The molecule has 8 rings (SSSR count). The van der Waals surface area contributed by atoms with Crippen LogP contribution in [0.4, 0.5) is 4.79 Å². The lowest BCUT2D eigenvalue weighted by Crippen LogP contribution is -2.50. The zero-order valence-electron chi connectivity index (χ0n) is 29.9. The average Bonchev–Trinajstić information content (AvgIpc) is 4.11. The second-order valence-electron chi connectivity index (χ2n) is 14.6. The van der Waals surface area contributed by atoms with E-state index in [0.717, 1.165) is 28.5 Å². The number of carbonyl (C=O) groups excluding carboxylic acids is 3. The van der Waals surface area contributed by atoms with Crippen molar-refractivity contribution < 1.29 is 37.4 Å². The lowest BCUT2D eigenvalue weighted by molar-refractivity contribution is -0.137. The van der Waals surface area contributed by atoms with Crippen LogP contribution in [0.3, 0.4) is 0 Å². The van der Waals surface area contributed by atoms with Crippen LogP contribution in [0.1, 0.15) is 64.2 Å². The fourth-order valence-electron chi connectivity index (χ4n) is 7.49. The Bertz CT molecular complexity index is 2390. The number of nitrogens with zero attached hydrogens (tertiary/aromatic N) is 4. The van der Waals surface area contributed by atoms with Gasteiger partial charge >= 0.3 is 6.09 Å². The number of para-hydroxylation sites is 2. The molecule has 2 aliphatic carbocycles. The van der Waals surface area contributed by atoms with Gasteiger partial charge in [0.05, 0.1) is 34.3 Å². The van der Waals surface area contributed by atoms with Crippen molar-refractivity contribution in [3.05, 3.63) is 78.0 Å². The van der Waals surface area contributed by atoms with Gasteiger partial charge in [-0.25, -0.2) is 23.2 Å². The number of fused-ring (bicyclic) bond motifs is 3. The topological polar surface area (TPSA) is 197 Å². The number of carboxylic acid groups (broad SMARTS) is 1. The Morgan fingerprint density at radius 3 is 2.38 bits per heavy atom. The number of Topliss-reactive ketones (excluding diaryl/α,β-unsaturated/α-hetero) is 1. The molecule has 4 aliphatic rings. The normalized spacial score (nSPS) is 23.5. The summed E-state index contributed by atoms with van der Waals surface area (Å²) in [7, 11) is -3.93. The van der Waals surface area contributed by atoms with Gasteiger partial charge in [-0.05, 0) is 66.6 Å². The lowest BCUT2D eigenvalue weighted by Gasteiger charge is -2.33. The first-order valence-electron chi connectivity index (χ1n) is 18.6. The predicted molar refractivity (Wildman–Crippen MR) is 204 cm³/mol. The van der Waals surface area contributed by atoms with Crippen molar-refractivity contribution in [1.29, 1.82) is 0 Å². The maximum atomic E-state index is 14.2. The maximum Gasteiger partial charge on any atom is 0.405 e. The minimum atomic E-state index is -3.93. The fourth-order valence-corrected chi connectivity index (χ4v) is 8.84. The van der Waals surface area contributed by atoms with Crippen LogP contribution >= 0.6 is 0 Å². The van der Waals surface area contributed by atoms with Gasteiger partial charge in [0.1, 0.15) is 5.69 Å². The molecule has 4 aromatic rings. The zero-order chi connectivity index (χ0) is 38.3. The summed E-state index contributed by atoms with van der Waals surface area (Å²) in [6, 6.07) is 18.9. The van der Waals surface area contributed by atoms with E-state index >= 15 is 0 Å². The van der Waals surface area contributed by atoms with Crippen LogP contribution in [0.2, 0.25) is 0 Å². The number of benzene rings is 3. The number of hydrogen-bond acceptors (Lipinski definition) is 10. The standard InChI is InChI=1S/C40H40N6O8S/c47-34-17-18-36(54-39-37(42-29-10-5-6-11-30(29)43-39)26-14-13-23-7-1-2-8-24(23)19-26)46-33(28(21-35(46)48)38(49)45-55(52,53)27-15-16-27)22-41-32-20-25(32)9-3-4-12-31(34)44-40(50)51/h1-2,5-8,10-11,13-14,19,22,27-28,31,33,36,44H,3-4,9,12,15-18,20-21H2,(H,45,49)(H,50,51)/t28-,31-,33-,36+/m0/s1. The van der Waals surface area contributed by atoms with E-state index in [2.05, 4.69) is 10.0 Å². The molecular weight excluding hydrogens is 725 g/mol. The van der Waals surface area contributed by atoms with E-state index in [-0.39, 0.29) is 30.9 Å². The molecule has 4 atom stereocenters. The number of nitrogens with one attached hydrogen (secondary N) is 2. The Kier molecular flexibility index (Phi) is 9.80. The molecule has 14 nitrogen and oxygen atoms in total. The molecule has 3 amide bonds. The summed E-state index contributed by atoms with van der Waals surface area (Å²) in [6.45, 7) is 0. The molecule has 0 radical (unpaired) electrons. The highest BCUT2D eigenvalue weighted by Gasteiger charge is 2.49. The van der Waals surface area contributed by atoms with Crippen molar-refractivity contribution in [1.82, 2.24) is 24.9 Å². The van der Waals surface area contributed by atoms with Gasteiger partial charge in [0.2, 0.25) is 27.7 Å². The second kappa shape index (κ2) is 14.9. The zero-order valence-corrected chi connectivity index (χ0v) is 30.7. The Morgan fingerprint density at radius 2 is 1.62 bits per heavy atom. The van der Waals surface area contributed by atoms with Crippen molar-refractivity contribution in [2.24, 2.45) is 10.9 Å². The SMILES string of the molecule is O=C(O)N[C@H]1CCCCC2=C(C2)N=C[C@H]2[C@@H](C(=O)NS(=O)(=O)C3CC3)CC(=O)N2[C@H](Oc2nc3ccccc3nc2-c2ccc3ccccc3c2)CCC1=O. The molecule has 1 saturated carbocycles. The molecule has 1 saturated heterocycles. The van der Waals surface area contributed by atoms with Crippen LogP contribution in [0.5, 0.6) is 5.88 Å². The molecule has 15 heteroatoms. The van der Waals surface area contributed by atoms with E-state index < -0.39 is 57.4 Å². The molecule has 3 heterocycles. The van der Waals surface area contributed by atoms with E-state index in [9.17, 15) is 32.7 Å². The Morgan fingerprint density at radius 1 is 0.873 bits per heavy atom. The van der Waals surface area contributed by atoms with Crippen LogP contribution in [0, 0.1) is 5.92 Å². The Labute approximate surface area is 317 Å².